The van der Waals surface area contributed by atoms with Crippen LogP contribution >= 0.6 is 11.6 Å². The van der Waals surface area contributed by atoms with E-state index >= 15 is 0 Å². The van der Waals surface area contributed by atoms with Gasteiger partial charge in [0.25, 0.3) is 11.8 Å². The normalized spacial score (nSPS) is 13.6. The van der Waals surface area contributed by atoms with Crippen molar-refractivity contribution >= 4 is 29.6 Å². The van der Waals surface area contributed by atoms with Crippen molar-refractivity contribution in [3.8, 4) is 0 Å². The summed E-state index contributed by atoms with van der Waals surface area (Å²) >= 11 is 5.77. The molecule has 136 valence electrons. The molecule has 0 spiro atoms. The molecule has 0 saturated heterocycles. The average molecular weight is 372 g/mol. The number of carbonyl (C=O) groups excluding carboxylic acids is 1. The standard InChI is InChI=1S/C17H20ClF2N3O2/c1-4-22-15(25-11-17(3,19)20)10-21-9-12(2)23-16(24)13-5-7-14(18)8-6-13/h4-8,10,12H,1,9,11H2,2-3H3,(H,23,24). The van der Waals surface area contributed by atoms with E-state index in [1.807, 2.05) is 0 Å². The predicted molar refractivity (Wildman–Crippen MR) is 95.9 cm³/mol. The number of nitrogens with one attached hydrogen (secondary N) is 1. The number of aliphatic imine (C=N–C) groups is 2. The second-order valence-corrected chi connectivity index (χ2v) is 5.82. The molecule has 1 aromatic carbocycles. The Morgan fingerprint density at radius 1 is 1.44 bits per heavy atom. The van der Waals surface area contributed by atoms with Crippen LogP contribution in [0.15, 0.2) is 47.0 Å². The highest BCUT2D eigenvalue weighted by atomic mass is 35.5. The van der Waals surface area contributed by atoms with Crippen LogP contribution in [0.3, 0.4) is 0 Å². The van der Waals surface area contributed by atoms with E-state index < -0.39 is 12.5 Å². The average Bonchev–Trinajstić information content (AvgIpc) is 2.52. The Morgan fingerprint density at radius 2 is 2.08 bits per heavy atom. The molecule has 1 rings (SSSR count). The van der Waals surface area contributed by atoms with Crippen LogP contribution in [0.25, 0.3) is 0 Å². The Hall–Kier alpha value is -2.28. The van der Waals surface area contributed by atoms with Crippen LogP contribution in [0.4, 0.5) is 8.78 Å². The molecule has 1 N–H and O–H groups in total. The Kier molecular flexibility index (Phi) is 8.21. The highest BCUT2D eigenvalue weighted by molar-refractivity contribution is 6.30. The lowest BCUT2D eigenvalue weighted by Gasteiger charge is -2.12. The van der Waals surface area contributed by atoms with Gasteiger partial charge < -0.3 is 10.1 Å². The fourth-order valence-corrected chi connectivity index (χ4v) is 1.77. The molecule has 8 heteroatoms. The first kappa shape index (κ1) is 20.8. The monoisotopic (exact) mass is 371 g/mol. The molecule has 1 unspecified atom stereocenters. The lowest BCUT2D eigenvalue weighted by atomic mass is 10.2. The number of nitrogens with zero attached hydrogens (tertiary/aromatic N) is 2. The summed E-state index contributed by atoms with van der Waals surface area (Å²) in [5, 5.41) is 3.30. The molecule has 0 saturated carbocycles. The van der Waals surface area contributed by atoms with E-state index in [0.717, 1.165) is 6.92 Å². The van der Waals surface area contributed by atoms with Gasteiger partial charge in [0, 0.05) is 29.8 Å². The van der Waals surface area contributed by atoms with Gasteiger partial charge in [-0.2, -0.15) is 0 Å². The zero-order chi connectivity index (χ0) is 18.9. The number of hydrogen-bond acceptors (Lipinski definition) is 4. The van der Waals surface area contributed by atoms with Gasteiger partial charge in [-0.3, -0.25) is 9.79 Å². The van der Waals surface area contributed by atoms with Crippen LogP contribution in [0, 0.1) is 0 Å². The summed E-state index contributed by atoms with van der Waals surface area (Å²) in [5.74, 6) is -3.32. The van der Waals surface area contributed by atoms with Crippen molar-refractivity contribution in [2.45, 2.75) is 25.8 Å². The van der Waals surface area contributed by atoms with E-state index in [2.05, 4.69) is 21.9 Å². The molecule has 1 amide bonds. The number of halogens is 3. The lowest BCUT2D eigenvalue weighted by molar-refractivity contribution is -0.0261. The minimum atomic E-state index is -2.98. The summed E-state index contributed by atoms with van der Waals surface area (Å²) in [6, 6.07) is 6.19. The second-order valence-electron chi connectivity index (χ2n) is 5.38. The van der Waals surface area contributed by atoms with Gasteiger partial charge in [-0.1, -0.05) is 18.2 Å². The molecule has 1 aromatic rings. The first-order valence-electron chi connectivity index (χ1n) is 7.47. The van der Waals surface area contributed by atoms with Gasteiger partial charge in [0.1, 0.15) is 0 Å². The third-order valence-electron chi connectivity index (χ3n) is 2.76. The fourth-order valence-electron chi connectivity index (χ4n) is 1.64. The lowest BCUT2D eigenvalue weighted by Crippen LogP contribution is -2.34. The van der Waals surface area contributed by atoms with Crippen molar-refractivity contribution < 1.29 is 18.3 Å². The van der Waals surface area contributed by atoms with Crippen LogP contribution in [0.1, 0.15) is 24.2 Å². The van der Waals surface area contributed by atoms with E-state index in [1.54, 1.807) is 31.2 Å². The maximum absolute atomic E-state index is 12.8. The van der Waals surface area contributed by atoms with Crippen molar-refractivity contribution in [1.82, 2.24) is 5.32 Å². The maximum Gasteiger partial charge on any atom is 0.278 e. The van der Waals surface area contributed by atoms with Gasteiger partial charge in [0.05, 0.1) is 12.8 Å². The van der Waals surface area contributed by atoms with Crippen molar-refractivity contribution in [2.24, 2.45) is 9.98 Å². The van der Waals surface area contributed by atoms with Gasteiger partial charge in [0.15, 0.2) is 6.61 Å². The first-order valence-corrected chi connectivity index (χ1v) is 7.84. The third kappa shape index (κ3) is 8.95. The van der Waals surface area contributed by atoms with Crippen molar-refractivity contribution in [2.75, 3.05) is 13.2 Å². The van der Waals surface area contributed by atoms with E-state index in [4.69, 9.17) is 16.3 Å². The number of ether oxygens (including phenoxy) is 1. The summed E-state index contributed by atoms with van der Waals surface area (Å²) < 4.78 is 30.5. The topological polar surface area (TPSA) is 63.0 Å². The summed E-state index contributed by atoms with van der Waals surface area (Å²) in [4.78, 5) is 19.8. The van der Waals surface area contributed by atoms with Crippen molar-refractivity contribution in [3.63, 3.8) is 0 Å². The molecule has 0 aromatic heterocycles. The molecule has 1 atom stereocenters. The van der Waals surface area contributed by atoms with Crippen molar-refractivity contribution in [3.05, 3.63) is 47.6 Å². The quantitative estimate of drug-likeness (QED) is 0.559. The van der Waals surface area contributed by atoms with Gasteiger partial charge in [-0.25, -0.2) is 13.8 Å². The number of amides is 1. The maximum atomic E-state index is 12.8. The number of alkyl halides is 2. The molecule has 0 radical (unpaired) electrons. The predicted octanol–water partition coefficient (Wildman–Crippen LogP) is 3.74. The largest absolute Gasteiger partial charge is 0.470 e. The van der Waals surface area contributed by atoms with Crippen molar-refractivity contribution in [1.29, 1.82) is 0 Å². The number of hydrogen-bond donors (Lipinski definition) is 1. The molecule has 0 aliphatic rings. The van der Waals surface area contributed by atoms with Gasteiger partial charge in [-0.05, 0) is 31.2 Å². The summed E-state index contributed by atoms with van der Waals surface area (Å²) in [6.45, 7) is 5.30. The Morgan fingerprint density at radius 3 is 2.64 bits per heavy atom. The zero-order valence-corrected chi connectivity index (χ0v) is 14.8. The molecule has 0 fully saturated rings. The first-order chi connectivity index (χ1) is 11.7. The molecular formula is C17H20ClF2N3O2. The molecule has 0 bridgehead atoms. The Labute approximate surface area is 150 Å². The minimum Gasteiger partial charge on any atom is -0.470 e. The zero-order valence-electron chi connectivity index (χ0n) is 14.0. The van der Waals surface area contributed by atoms with Crippen LogP contribution in [-0.4, -0.2) is 43.1 Å². The van der Waals surface area contributed by atoms with E-state index in [1.165, 1.54) is 12.4 Å². The van der Waals surface area contributed by atoms with E-state index in [0.29, 0.717) is 10.6 Å². The number of carbonyl (C=O) groups is 1. The van der Waals surface area contributed by atoms with Crippen LogP contribution in [0.5, 0.6) is 0 Å². The van der Waals surface area contributed by atoms with E-state index in [-0.39, 0.29) is 24.4 Å². The number of benzene rings is 1. The molecule has 5 nitrogen and oxygen atoms in total. The van der Waals surface area contributed by atoms with Crippen LogP contribution in [-0.2, 0) is 4.74 Å². The fraction of sp³-hybridized carbons (Fsp3) is 0.353. The molecular weight excluding hydrogens is 352 g/mol. The van der Waals surface area contributed by atoms with Gasteiger partial charge in [0.2, 0.25) is 5.90 Å². The molecule has 0 heterocycles. The summed E-state index contributed by atoms with van der Waals surface area (Å²) in [5.41, 5.74) is 0.475. The van der Waals surface area contributed by atoms with Gasteiger partial charge in [-0.15, -0.1) is 0 Å². The van der Waals surface area contributed by atoms with Crippen LogP contribution in [0.2, 0.25) is 5.02 Å². The second kappa shape index (κ2) is 9.88. The summed E-state index contributed by atoms with van der Waals surface area (Å²) in [7, 11) is 0. The smallest absolute Gasteiger partial charge is 0.278 e. The van der Waals surface area contributed by atoms with Crippen LogP contribution < -0.4 is 5.32 Å². The summed E-state index contributed by atoms with van der Waals surface area (Å²) in [6.07, 6.45) is 2.39. The van der Waals surface area contributed by atoms with E-state index in [9.17, 15) is 13.6 Å². The van der Waals surface area contributed by atoms with Gasteiger partial charge >= 0.3 is 0 Å². The highest BCUT2D eigenvalue weighted by Crippen LogP contribution is 2.11. The SMILES string of the molecule is C=CN=C(C=NCC(C)NC(=O)c1ccc(Cl)cc1)OCC(C)(F)F. The molecule has 25 heavy (non-hydrogen) atoms. The highest BCUT2D eigenvalue weighted by Gasteiger charge is 2.22. The molecule has 0 aliphatic carbocycles. The Bertz CT molecular complexity index is 640. The Balaban J connectivity index is 2.52. The molecule has 0 aliphatic heterocycles. The number of rotatable bonds is 8. The third-order valence-corrected chi connectivity index (χ3v) is 3.01. The minimum absolute atomic E-state index is 0.0762.